The van der Waals surface area contributed by atoms with Gasteiger partial charge in [0.2, 0.25) is 5.91 Å². The van der Waals surface area contributed by atoms with Crippen LogP contribution < -0.4 is 5.32 Å². The van der Waals surface area contributed by atoms with Gasteiger partial charge in [0.15, 0.2) is 0 Å². The molecular weight excluding hydrogens is 303 g/mol. The van der Waals surface area contributed by atoms with E-state index in [4.69, 9.17) is 11.6 Å². The van der Waals surface area contributed by atoms with Crippen molar-refractivity contribution in [2.24, 2.45) is 0 Å². The summed E-state index contributed by atoms with van der Waals surface area (Å²) in [6, 6.07) is 7.90. The van der Waals surface area contributed by atoms with Gasteiger partial charge in [-0.2, -0.15) is 0 Å². The minimum Gasteiger partial charge on any atom is -0.337 e. The summed E-state index contributed by atoms with van der Waals surface area (Å²) in [6.07, 6.45) is 0. The molecule has 1 saturated heterocycles. The Morgan fingerprint density at radius 1 is 1.53 bits per heavy atom. The van der Waals surface area contributed by atoms with Crippen molar-refractivity contribution in [3.63, 3.8) is 0 Å². The smallest absolute Gasteiger partial charge is 0.233 e. The lowest BCUT2D eigenvalue weighted by atomic mass is 10.2. The second-order valence-corrected chi connectivity index (χ2v) is 5.78. The predicted molar refractivity (Wildman–Crippen MR) is 83.5 cm³/mol. The van der Waals surface area contributed by atoms with Crippen LogP contribution in [0.1, 0.15) is 6.92 Å². The van der Waals surface area contributed by atoms with E-state index in [0.717, 1.165) is 24.5 Å². The van der Waals surface area contributed by atoms with Crippen LogP contribution in [-0.4, -0.2) is 42.2 Å². The van der Waals surface area contributed by atoms with Gasteiger partial charge in [-0.3, -0.25) is 4.79 Å². The van der Waals surface area contributed by atoms with Crippen LogP contribution in [-0.2, 0) is 4.79 Å². The number of rotatable bonds is 3. The van der Waals surface area contributed by atoms with Crippen LogP contribution in [0.15, 0.2) is 29.2 Å². The molecule has 0 aromatic heterocycles. The summed E-state index contributed by atoms with van der Waals surface area (Å²) in [7, 11) is 0. The Morgan fingerprint density at radius 3 is 2.95 bits per heavy atom. The molecule has 19 heavy (non-hydrogen) atoms. The molecule has 0 bridgehead atoms. The van der Waals surface area contributed by atoms with E-state index in [2.05, 4.69) is 12.2 Å². The minimum absolute atomic E-state index is 0. The summed E-state index contributed by atoms with van der Waals surface area (Å²) in [4.78, 5) is 15.0. The Kier molecular flexibility index (Phi) is 7.00. The van der Waals surface area contributed by atoms with Gasteiger partial charge >= 0.3 is 0 Å². The third-order valence-electron chi connectivity index (χ3n) is 3.01. The highest BCUT2D eigenvalue weighted by Crippen LogP contribution is 2.26. The van der Waals surface area contributed by atoms with Crippen molar-refractivity contribution in [1.29, 1.82) is 0 Å². The number of amides is 1. The molecule has 1 fully saturated rings. The van der Waals surface area contributed by atoms with Crippen LogP contribution in [0.4, 0.5) is 0 Å². The fourth-order valence-electron chi connectivity index (χ4n) is 2.00. The van der Waals surface area contributed by atoms with Crippen LogP contribution in [0, 0.1) is 0 Å². The number of thioether (sulfide) groups is 1. The van der Waals surface area contributed by atoms with Crippen molar-refractivity contribution in [1.82, 2.24) is 10.2 Å². The van der Waals surface area contributed by atoms with Gasteiger partial charge in [-0.15, -0.1) is 24.2 Å². The van der Waals surface area contributed by atoms with Gasteiger partial charge in [-0.25, -0.2) is 0 Å². The number of benzene rings is 1. The van der Waals surface area contributed by atoms with E-state index in [1.807, 2.05) is 29.2 Å². The van der Waals surface area contributed by atoms with Crippen LogP contribution in [0.2, 0.25) is 5.02 Å². The number of nitrogens with zero attached hydrogens (tertiary/aromatic N) is 1. The zero-order valence-electron chi connectivity index (χ0n) is 10.8. The summed E-state index contributed by atoms with van der Waals surface area (Å²) < 4.78 is 0. The monoisotopic (exact) mass is 320 g/mol. The Labute approximate surface area is 129 Å². The Bertz CT molecular complexity index is 431. The average molecular weight is 321 g/mol. The minimum atomic E-state index is 0. The molecule has 1 amide bonds. The molecule has 2 rings (SSSR count). The molecule has 1 aromatic carbocycles. The van der Waals surface area contributed by atoms with Crippen LogP contribution in [0.5, 0.6) is 0 Å². The van der Waals surface area contributed by atoms with E-state index in [1.54, 1.807) is 0 Å². The number of nitrogens with one attached hydrogen (secondary N) is 1. The summed E-state index contributed by atoms with van der Waals surface area (Å²) in [5, 5.41) is 3.99. The third kappa shape index (κ3) is 4.56. The molecule has 1 atom stereocenters. The first kappa shape index (κ1) is 16.6. The Morgan fingerprint density at radius 2 is 2.26 bits per heavy atom. The first-order valence-electron chi connectivity index (χ1n) is 6.06. The lowest BCUT2D eigenvalue weighted by Gasteiger charge is -2.34. The molecule has 6 heteroatoms. The maximum absolute atomic E-state index is 12.1. The fourth-order valence-corrected chi connectivity index (χ4v) is 3.12. The van der Waals surface area contributed by atoms with E-state index >= 15 is 0 Å². The van der Waals surface area contributed by atoms with Crippen molar-refractivity contribution in [3.05, 3.63) is 29.3 Å². The molecule has 0 radical (unpaired) electrons. The second-order valence-electron chi connectivity index (χ2n) is 4.36. The number of hydrogen-bond acceptors (Lipinski definition) is 3. The van der Waals surface area contributed by atoms with Crippen LogP contribution in [0.3, 0.4) is 0 Å². The van der Waals surface area contributed by atoms with Gasteiger partial charge < -0.3 is 10.2 Å². The highest BCUT2D eigenvalue weighted by molar-refractivity contribution is 8.00. The van der Waals surface area contributed by atoms with Crippen molar-refractivity contribution < 1.29 is 4.79 Å². The largest absolute Gasteiger partial charge is 0.337 e. The molecule has 1 aromatic rings. The summed E-state index contributed by atoms with van der Waals surface area (Å²) in [5.41, 5.74) is 0. The number of carbonyl (C=O) groups excluding carboxylic acids is 1. The number of hydrogen-bond donors (Lipinski definition) is 1. The van der Waals surface area contributed by atoms with E-state index in [9.17, 15) is 4.79 Å². The second kappa shape index (κ2) is 8.00. The molecule has 1 aliphatic rings. The first-order valence-corrected chi connectivity index (χ1v) is 7.42. The number of carbonyl (C=O) groups is 1. The molecule has 0 unspecified atom stereocenters. The Hall–Kier alpha value is -0.420. The Balaban J connectivity index is 0.00000180. The van der Waals surface area contributed by atoms with Crippen molar-refractivity contribution in [3.8, 4) is 0 Å². The predicted octanol–water partition coefficient (Wildman–Crippen LogP) is 2.67. The third-order valence-corrected chi connectivity index (χ3v) is 4.51. The maximum Gasteiger partial charge on any atom is 0.233 e. The van der Waals surface area contributed by atoms with E-state index in [-0.39, 0.29) is 24.4 Å². The molecule has 0 spiro atoms. The lowest BCUT2D eigenvalue weighted by molar-refractivity contribution is -0.131. The van der Waals surface area contributed by atoms with Crippen molar-refractivity contribution in [2.45, 2.75) is 17.9 Å². The molecule has 1 heterocycles. The van der Waals surface area contributed by atoms with E-state index in [0.29, 0.717) is 10.8 Å². The highest BCUT2D eigenvalue weighted by atomic mass is 35.5. The fraction of sp³-hybridized carbons (Fsp3) is 0.462. The van der Waals surface area contributed by atoms with Gasteiger partial charge in [0.1, 0.15) is 0 Å². The first-order chi connectivity index (χ1) is 8.68. The summed E-state index contributed by atoms with van der Waals surface area (Å²) in [5.74, 6) is 0.641. The normalized spacial score (nSPS) is 18.8. The highest BCUT2D eigenvalue weighted by Gasteiger charge is 2.22. The molecule has 3 nitrogen and oxygen atoms in total. The molecule has 106 valence electrons. The standard InChI is InChI=1S/C13H17ClN2OS.ClH/c1-10-8-15-6-7-16(10)13(17)9-18-12-5-3-2-4-11(12)14;/h2-5,10,15H,6-9H2,1H3;1H/t10-;/m1./s1. The van der Waals surface area contributed by atoms with Gasteiger partial charge in [0.25, 0.3) is 0 Å². The molecule has 0 aliphatic carbocycles. The quantitative estimate of drug-likeness (QED) is 0.869. The zero-order valence-corrected chi connectivity index (χ0v) is 13.2. The zero-order chi connectivity index (χ0) is 13.0. The van der Waals surface area contributed by atoms with Gasteiger partial charge in [0.05, 0.1) is 10.8 Å². The van der Waals surface area contributed by atoms with Crippen molar-refractivity contribution in [2.75, 3.05) is 25.4 Å². The van der Waals surface area contributed by atoms with E-state index in [1.165, 1.54) is 11.8 Å². The number of piperazine rings is 1. The average Bonchev–Trinajstić information content (AvgIpc) is 2.38. The summed E-state index contributed by atoms with van der Waals surface area (Å²) in [6.45, 7) is 4.63. The molecule has 1 aliphatic heterocycles. The van der Waals surface area contributed by atoms with Gasteiger partial charge in [0, 0.05) is 30.6 Å². The number of halogens is 2. The SMILES string of the molecule is C[C@@H]1CNCCN1C(=O)CSc1ccccc1Cl.Cl. The molecule has 0 saturated carbocycles. The molecule has 1 N–H and O–H groups in total. The topological polar surface area (TPSA) is 32.3 Å². The van der Waals surface area contributed by atoms with Crippen molar-refractivity contribution >= 4 is 41.7 Å². The van der Waals surface area contributed by atoms with Gasteiger partial charge in [-0.1, -0.05) is 23.7 Å². The maximum atomic E-state index is 12.1. The van der Waals surface area contributed by atoms with E-state index < -0.39 is 0 Å². The molecular formula is C13H18Cl2N2OS. The lowest BCUT2D eigenvalue weighted by Crippen LogP contribution is -2.52. The van der Waals surface area contributed by atoms with Crippen LogP contribution in [0.25, 0.3) is 0 Å². The van der Waals surface area contributed by atoms with Gasteiger partial charge in [-0.05, 0) is 19.1 Å². The van der Waals surface area contributed by atoms with Crippen LogP contribution >= 0.6 is 35.8 Å². The summed E-state index contributed by atoms with van der Waals surface area (Å²) >= 11 is 7.57.